The quantitative estimate of drug-likeness (QED) is 0.160. The fraction of sp³-hybridized carbons (Fsp3) is 0. The molecular formula is C63H39N5O. The minimum atomic E-state index is 0.603. The summed E-state index contributed by atoms with van der Waals surface area (Å²) in [6.07, 6.45) is 0. The molecule has 0 amide bonds. The number of aromatic nitrogens is 5. The fourth-order valence-electron chi connectivity index (χ4n) is 10.4. The number of fused-ring (bicyclic) bond motifs is 10. The van der Waals surface area contributed by atoms with Gasteiger partial charge in [0.2, 0.25) is 0 Å². The highest BCUT2D eigenvalue weighted by molar-refractivity contribution is 6.27. The predicted octanol–water partition coefficient (Wildman–Crippen LogP) is 16.3. The van der Waals surface area contributed by atoms with E-state index in [0.29, 0.717) is 17.5 Å². The van der Waals surface area contributed by atoms with Gasteiger partial charge in [-0.25, -0.2) is 15.0 Å². The lowest BCUT2D eigenvalue weighted by atomic mass is 9.97. The Morgan fingerprint density at radius 3 is 1.45 bits per heavy atom. The van der Waals surface area contributed by atoms with Crippen molar-refractivity contribution in [2.24, 2.45) is 0 Å². The standard InChI is InChI=1S/C63H39N5O/c1-4-16-40(17-5-1)41-28-30-43(31-29-41)62-64-61(42-18-6-2-7-19-42)65-63(66-62)44-32-35-47(36-33-44)68-55-26-14-11-24-51(55)58-59(68)52(39-53-50-23-12-15-27-57(50)69-60(53)58)45-34-37-49-48-22-10-13-25-54(48)67(56(49)38-45)46-20-8-3-9-21-46/h1-39H. The number of nitrogens with zero attached hydrogens (tertiary/aromatic N) is 5. The van der Waals surface area contributed by atoms with Gasteiger partial charge in [0.25, 0.3) is 0 Å². The summed E-state index contributed by atoms with van der Waals surface area (Å²) < 4.78 is 11.7. The van der Waals surface area contributed by atoms with Crippen LogP contribution in [0, 0.1) is 0 Å². The van der Waals surface area contributed by atoms with E-state index in [1.807, 2.05) is 42.5 Å². The van der Waals surface area contributed by atoms with Crippen LogP contribution in [-0.4, -0.2) is 24.1 Å². The molecule has 0 saturated carbocycles. The molecule has 69 heavy (non-hydrogen) atoms. The van der Waals surface area contributed by atoms with E-state index in [4.69, 9.17) is 19.4 Å². The van der Waals surface area contributed by atoms with Crippen LogP contribution in [0.1, 0.15) is 0 Å². The third kappa shape index (κ3) is 6.30. The molecule has 4 aromatic heterocycles. The molecule has 0 atom stereocenters. The van der Waals surface area contributed by atoms with Crippen molar-refractivity contribution in [1.29, 1.82) is 0 Å². The molecule has 6 nitrogen and oxygen atoms in total. The number of rotatable bonds is 7. The van der Waals surface area contributed by atoms with Crippen molar-refractivity contribution >= 4 is 65.6 Å². The second-order valence-electron chi connectivity index (χ2n) is 17.6. The third-order valence-corrected chi connectivity index (χ3v) is 13.6. The monoisotopic (exact) mass is 881 g/mol. The zero-order valence-corrected chi connectivity index (χ0v) is 37.2. The van der Waals surface area contributed by atoms with Crippen LogP contribution in [0.15, 0.2) is 241 Å². The summed E-state index contributed by atoms with van der Waals surface area (Å²) >= 11 is 0. The van der Waals surface area contributed by atoms with E-state index in [0.717, 1.165) is 99.6 Å². The van der Waals surface area contributed by atoms with E-state index in [9.17, 15) is 0 Å². The Kier molecular flexibility index (Phi) is 8.79. The van der Waals surface area contributed by atoms with Gasteiger partial charge >= 0.3 is 0 Å². The third-order valence-electron chi connectivity index (χ3n) is 13.6. The molecule has 4 heterocycles. The topological polar surface area (TPSA) is 61.7 Å². The molecule has 0 unspecified atom stereocenters. The van der Waals surface area contributed by atoms with Crippen LogP contribution >= 0.6 is 0 Å². The van der Waals surface area contributed by atoms with Crippen LogP contribution in [0.4, 0.5) is 0 Å². The van der Waals surface area contributed by atoms with Gasteiger partial charge in [0.15, 0.2) is 17.5 Å². The Balaban J connectivity index is 0.974. The molecule has 14 aromatic rings. The van der Waals surface area contributed by atoms with E-state index in [1.54, 1.807) is 0 Å². The van der Waals surface area contributed by atoms with Crippen LogP contribution in [0.5, 0.6) is 0 Å². The molecule has 0 saturated heterocycles. The van der Waals surface area contributed by atoms with Crippen molar-refractivity contribution in [1.82, 2.24) is 24.1 Å². The molecule has 0 aliphatic rings. The molecule has 322 valence electrons. The van der Waals surface area contributed by atoms with E-state index in [2.05, 4.69) is 203 Å². The van der Waals surface area contributed by atoms with Gasteiger partial charge in [-0.05, 0) is 83.4 Å². The molecule has 10 aromatic carbocycles. The zero-order chi connectivity index (χ0) is 45.4. The fourth-order valence-corrected chi connectivity index (χ4v) is 10.4. The lowest BCUT2D eigenvalue weighted by Crippen LogP contribution is -2.01. The molecule has 0 aliphatic heterocycles. The molecule has 6 heteroatoms. The van der Waals surface area contributed by atoms with E-state index >= 15 is 0 Å². The van der Waals surface area contributed by atoms with Gasteiger partial charge in [0.1, 0.15) is 11.2 Å². The van der Waals surface area contributed by atoms with Crippen molar-refractivity contribution in [2.45, 2.75) is 0 Å². The Bertz CT molecular complexity index is 4270. The molecule has 0 bridgehead atoms. The van der Waals surface area contributed by atoms with Gasteiger partial charge in [-0.3, -0.25) is 0 Å². The number of hydrogen-bond donors (Lipinski definition) is 0. The van der Waals surface area contributed by atoms with Crippen molar-refractivity contribution in [3.8, 4) is 67.8 Å². The molecule has 0 aliphatic carbocycles. The summed E-state index contributed by atoms with van der Waals surface area (Å²) in [5.41, 5.74) is 15.6. The minimum Gasteiger partial charge on any atom is -0.455 e. The summed E-state index contributed by atoms with van der Waals surface area (Å²) in [6.45, 7) is 0. The Labute approximate surface area is 396 Å². The first-order valence-electron chi connectivity index (χ1n) is 23.3. The van der Waals surface area contributed by atoms with Gasteiger partial charge in [-0.2, -0.15) is 0 Å². The van der Waals surface area contributed by atoms with Crippen molar-refractivity contribution in [3.05, 3.63) is 237 Å². The molecule has 0 radical (unpaired) electrons. The van der Waals surface area contributed by atoms with E-state index < -0.39 is 0 Å². The lowest BCUT2D eigenvalue weighted by molar-refractivity contribution is 0.673. The van der Waals surface area contributed by atoms with Crippen LogP contribution in [0.2, 0.25) is 0 Å². The summed E-state index contributed by atoms with van der Waals surface area (Å²) in [5, 5.41) is 6.81. The van der Waals surface area contributed by atoms with Gasteiger partial charge < -0.3 is 13.6 Å². The summed E-state index contributed by atoms with van der Waals surface area (Å²) in [5.74, 6) is 1.84. The second kappa shape index (κ2) is 15.6. The summed E-state index contributed by atoms with van der Waals surface area (Å²) in [4.78, 5) is 15.2. The minimum absolute atomic E-state index is 0.603. The predicted molar refractivity (Wildman–Crippen MR) is 283 cm³/mol. The van der Waals surface area contributed by atoms with Gasteiger partial charge in [-0.1, -0.05) is 170 Å². The average Bonchev–Trinajstić information content (AvgIpc) is 4.09. The molecule has 0 N–H and O–H groups in total. The Morgan fingerprint density at radius 2 is 0.768 bits per heavy atom. The number of para-hydroxylation sites is 4. The van der Waals surface area contributed by atoms with Crippen molar-refractivity contribution in [3.63, 3.8) is 0 Å². The SMILES string of the molecule is c1ccc(-c2ccc(-c3nc(-c4ccccc4)nc(-c4ccc(-n5c6ccccc6c6c7oc8ccccc8c7cc(-c7ccc8c9ccccc9n(-c9ccccc9)c8c7)c65)cc4)n3)cc2)cc1. The van der Waals surface area contributed by atoms with E-state index in [-0.39, 0.29) is 0 Å². The van der Waals surface area contributed by atoms with Gasteiger partial charge in [0, 0.05) is 60.6 Å². The Hall–Kier alpha value is -9.39. The summed E-state index contributed by atoms with van der Waals surface area (Å²) in [6, 6.07) is 83.3. The maximum Gasteiger partial charge on any atom is 0.164 e. The highest BCUT2D eigenvalue weighted by Gasteiger charge is 2.24. The molecular weight excluding hydrogens is 843 g/mol. The van der Waals surface area contributed by atoms with Crippen molar-refractivity contribution in [2.75, 3.05) is 0 Å². The van der Waals surface area contributed by atoms with E-state index in [1.165, 1.54) is 16.3 Å². The second-order valence-corrected chi connectivity index (χ2v) is 17.6. The Morgan fingerprint density at radius 1 is 0.304 bits per heavy atom. The average molecular weight is 882 g/mol. The normalized spacial score (nSPS) is 11.8. The number of furan rings is 1. The van der Waals surface area contributed by atoms with Gasteiger partial charge in [-0.15, -0.1) is 0 Å². The highest BCUT2D eigenvalue weighted by atomic mass is 16.3. The lowest BCUT2D eigenvalue weighted by Gasteiger charge is -2.14. The van der Waals surface area contributed by atoms with Gasteiger partial charge in [0.05, 0.1) is 27.5 Å². The highest BCUT2D eigenvalue weighted by Crippen LogP contribution is 2.46. The first-order valence-corrected chi connectivity index (χ1v) is 23.3. The largest absolute Gasteiger partial charge is 0.455 e. The van der Waals surface area contributed by atoms with Crippen molar-refractivity contribution < 1.29 is 4.42 Å². The van der Waals surface area contributed by atoms with Crippen LogP contribution in [-0.2, 0) is 0 Å². The molecule has 0 fully saturated rings. The maximum atomic E-state index is 6.86. The first-order chi connectivity index (χ1) is 34.2. The van der Waals surface area contributed by atoms with Crippen LogP contribution in [0.3, 0.4) is 0 Å². The van der Waals surface area contributed by atoms with Crippen LogP contribution < -0.4 is 0 Å². The van der Waals surface area contributed by atoms with Crippen LogP contribution in [0.25, 0.3) is 133 Å². The molecule has 14 rings (SSSR count). The number of benzene rings is 10. The number of hydrogen-bond acceptors (Lipinski definition) is 4. The molecule has 0 spiro atoms. The maximum absolute atomic E-state index is 6.86. The summed E-state index contributed by atoms with van der Waals surface area (Å²) in [7, 11) is 0. The first kappa shape index (κ1) is 38.8. The smallest absolute Gasteiger partial charge is 0.164 e. The zero-order valence-electron chi connectivity index (χ0n) is 37.2.